The maximum atomic E-state index is 12.3. The van der Waals surface area contributed by atoms with Crippen molar-refractivity contribution in [2.45, 2.75) is 6.92 Å². The Morgan fingerprint density at radius 3 is 2.52 bits per heavy atom. The van der Waals surface area contributed by atoms with E-state index in [1.807, 2.05) is 6.92 Å². The molecule has 2 heterocycles. The van der Waals surface area contributed by atoms with Crippen LogP contribution in [-0.2, 0) is 0 Å². The first kappa shape index (κ1) is 15.1. The molecule has 0 atom stereocenters. The van der Waals surface area contributed by atoms with Gasteiger partial charge in [-0.05, 0) is 42.8 Å². The fraction of sp³-hybridized carbons (Fsp3) is 0.0588. The van der Waals surface area contributed by atoms with Gasteiger partial charge in [0.15, 0.2) is 0 Å². The molecule has 0 fully saturated rings. The highest BCUT2D eigenvalue weighted by Crippen LogP contribution is 2.20. The van der Waals surface area contributed by atoms with Crippen LogP contribution in [0.15, 0.2) is 55.2 Å². The zero-order valence-corrected chi connectivity index (χ0v) is 13.1. The second kappa shape index (κ2) is 6.54. The number of nitrogens with one attached hydrogen (secondary N) is 1. The fourth-order valence-electron chi connectivity index (χ4n) is 2.09. The van der Waals surface area contributed by atoms with Gasteiger partial charge >= 0.3 is 0 Å². The Hall–Kier alpha value is -2.79. The molecule has 3 rings (SSSR count). The van der Waals surface area contributed by atoms with Crippen molar-refractivity contribution in [3.8, 4) is 11.3 Å². The summed E-state index contributed by atoms with van der Waals surface area (Å²) in [6.07, 6.45) is 6.33. The SMILES string of the molecule is Cc1cc(Cl)ccc1NC(=O)c1ccc(-c2cncnc2)nc1. The molecular formula is C17H13ClN4O. The molecule has 0 aliphatic rings. The molecule has 0 radical (unpaired) electrons. The summed E-state index contributed by atoms with van der Waals surface area (Å²) in [4.78, 5) is 24.5. The highest BCUT2D eigenvalue weighted by molar-refractivity contribution is 6.30. The van der Waals surface area contributed by atoms with Crippen molar-refractivity contribution in [3.05, 3.63) is 71.4 Å². The molecule has 114 valence electrons. The lowest BCUT2D eigenvalue weighted by Crippen LogP contribution is -2.13. The Balaban J connectivity index is 1.78. The Bertz CT molecular complexity index is 835. The lowest BCUT2D eigenvalue weighted by molar-refractivity contribution is 0.102. The normalized spacial score (nSPS) is 10.3. The maximum Gasteiger partial charge on any atom is 0.257 e. The van der Waals surface area contributed by atoms with Crippen molar-refractivity contribution in [3.63, 3.8) is 0 Å². The molecule has 1 aromatic carbocycles. The first-order valence-corrected chi connectivity index (χ1v) is 7.30. The molecule has 1 amide bonds. The van der Waals surface area contributed by atoms with Gasteiger partial charge in [-0.15, -0.1) is 0 Å². The number of carbonyl (C=O) groups excluding carboxylic acids is 1. The molecule has 3 aromatic rings. The largest absolute Gasteiger partial charge is 0.322 e. The van der Waals surface area contributed by atoms with E-state index in [1.54, 1.807) is 42.7 Å². The summed E-state index contributed by atoms with van der Waals surface area (Å²) in [7, 11) is 0. The van der Waals surface area contributed by atoms with E-state index < -0.39 is 0 Å². The molecule has 1 N–H and O–H groups in total. The smallest absolute Gasteiger partial charge is 0.257 e. The van der Waals surface area contributed by atoms with Gasteiger partial charge < -0.3 is 5.32 Å². The molecule has 0 bridgehead atoms. The number of hydrogen-bond donors (Lipinski definition) is 1. The van der Waals surface area contributed by atoms with Gasteiger partial charge in [-0.1, -0.05) is 11.6 Å². The van der Waals surface area contributed by atoms with Crippen molar-refractivity contribution in [1.29, 1.82) is 0 Å². The van der Waals surface area contributed by atoms with Gasteiger partial charge in [0.1, 0.15) is 6.33 Å². The van der Waals surface area contributed by atoms with Crippen LogP contribution in [0.2, 0.25) is 5.02 Å². The average molecular weight is 325 g/mol. The minimum atomic E-state index is -0.223. The standard InChI is InChI=1S/C17H13ClN4O/c1-11-6-14(18)3-5-15(11)22-17(23)12-2-4-16(21-9-12)13-7-19-10-20-8-13/h2-10H,1H3,(H,22,23). The topological polar surface area (TPSA) is 67.8 Å². The fourth-order valence-corrected chi connectivity index (χ4v) is 2.32. The average Bonchev–Trinajstić information content (AvgIpc) is 2.58. The summed E-state index contributed by atoms with van der Waals surface area (Å²) in [6, 6.07) is 8.80. The number of aromatic nitrogens is 3. The van der Waals surface area contributed by atoms with E-state index in [-0.39, 0.29) is 5.91 Å². The van der Waals surface area contributed by atoms with Crippen LogP contribution in [0, 0.1) is 6.92 Å². The van der Waals surface area contributed by atoms with E-state index in [4.69, 9.17) is 11.6 Å². The summed E-state index contributed by atoms with van der Waals surface area (Å²) >= 11 is 5.91. The first-order chi connectivity index (χ1) is 11.1. The van der Waals surface area contributed by atoms with Gasteiger partial charge in [0, 0.05) is 34.9 Å². The number of benzene rings is 1. The third kappa shape index (κ3) is 3.52. The summed E-state index contributed by atoms with van der Waals surface area (Å²) in [5, 5.41) is 3.49. The van der Waals surface area contributed by atoms with Crippen LogP contribution in [-0.4, -0.2) is 20.9 Å². The number of hydrogen-bond acceptors (Lipinski definition) is 4. The molecule has 2 aromatic heterocycles. The van der Waals surface area contributed by atoms with Crippen LogP contribution in [0.25, 0.3) is 11.3 Å². The van der Waals surface area contributed by atoms with Gasteiger partial charge in [0.05, 0.1) is 11.3 Å². The Labute approximate surface area is 138 Å². The van der Waals surface area contributed by atoms with Crippen molar-refractivity contribution in [2.24, 2.45) is 0 Å². The highest BCUT2D eigenvalue weighted by Gasteiger charge is 2.09. The van der Waals surface area contributed by atoms with E-state index in [0.29, 0.717) is 16.3 Å². The van der Waals surface area contributed by atoms with Crippen LogP contribution >= 0.6 is 11.6 Å². The molecule has 5 nitrogen and oxygen atoms in total. The number of halogens is 1. The van der Waals surface area contributed by atoms with E-state index in [9.17, 15) is 4.79 Å². The van der Waals surface area contributed by atoms with Crippen molar-refractivity contribution in [2.75, 3.05) is 5.32 Å². The maximum absolute atomic E-state index is 12.3. The van der Waals surface area contributed by atoms with Crippen molar-refractivity contribution >= 4 is 23.2 Å². The number of pyridine rings is 1. The van der Waals surface area contributed by atoms with E-state index in [0.717, 1.165) is 16.8 Å². The van der Waals surface area contributed by atoms with Gasteiger partial charge in [-0.25, -0.2) is 9.97 Å². The Morgan fingerprint density at radius 2 is 1.87 bits per heavy atom. The van der Waals surface area contributed by atoms with Gasteiger partial charge in [0.25, 0.3) is 5.91 Å². The molecule has 0 saturated carbocycles. The van der Waals surface area contributed by atoms with Crippen LogP contribution in [0.1, 0.15) is 15.9 Å². The van der Waals surface area contributed by atoms with E-state index in [2.05, 4.69) is 20.3 Å². The summed E-state index contributed by atoms with van der Waals surface area (Å²) in [5.74, 6) is -0.223. The molecule has 0 unspecified atom stereocenters. The second-order valence-corrected chi connectivity index (χ2v) is 5.41. The van der Waals surface area contributed by atoms with E-state index >= 15 is 0 Å². The predicted octanol–water partition coefficient (Wildman–Crippen LogP) is 3.75. The molecule has 6 heteroatoms. The number of nitrogens with zero attached hydrogens (tertiary/aromatic N) is 3. The summed E-state index contributed by atoms with van der Waals surface area (Å²) in [6.45, 7) is 1.89. The third-order valence-electron chi connectivity index (χ3n) is 3.32. The Morgan fingerprint density at radius 1 is 1.09 bits per heavy atom. The van der Waals surface area contributed by atoms with Gasteiger partial charge in [-0.3, -0.25) is 9.78 Å². The number of carbonyl (C=O) groups is 1. The molecule has 0 aliphatic carbocycles. The van der Waals surface area contributed by atoms with Crippen LogP contribution in [0.3, 0.4) is 0 Å². The monoisotopic (exact) mass is 324 g/mol. The van der Waals surface area contributed by atoms with E-state index in [1.165, 1.54) is 12.5 Å². The number of rotatable bonds is 3. The van der Waals surface area contributed by atoms with Gasteiger partial charge in [0.2, 0.25) is 0 Å². The predicted molar refractivity (Wildman–Crippen MR) is 89.4 cm³/mol. The molecule has 0 spiro atoms. The number of aryl methyl sites for hydroxylation is 1. The van der Waals surface area contributed by atoms with Gasteiger partial charge in [-0.2, -0.15) is 0 Å². The minimum absolute atomic E-state index is 0.223. The second-order valence-electron chi connectivity index (χ2n) is 4.97. The lowest BCUT2D eigenvalue weighted by atomic mass is 10.1. The molecule has 0 aliphatic heterocycles. The number of anilines is 1. The number of amides is 1. The third-order valence-corrected chi connectivity index (χ3v) is 3.55. The Kier molecular flexibility index (Phi) is 4.30. The van der Waals surface area contributed by atoms with Crippen LogP contribution in [0.4, 0.5) is 5.69 Å². The molecule has 0 saturated heterocycles. The quantitative estimate of drug-likeness (QED) is 0.796. The minimum Gasteiger partial charge on any atom is -0.322 e. The summed E-state index contributed by atoms with van der Waals surface area (Å²) < 4.78 is 0. The summed E-state index contributed by atoms with van der Waals surface area (Å²) in [5.41, 5.74) is 3.61. The first-order valence-electron chi connectivity index (χ1n) is 6.92. The highest BCUT2D eigenvalue weighted by atomic mass is 35.5. The molecule has 23 heavy (non-hydrogen) atoms. The molecular weight excluding hydrogens is 312 g/mol. The zero-order chi connectivity index (χ0) is 16.2. The zero-order valence-electron chi connectivity index (χ0n) is 12.3. The van der Waals surface area contributed by atoms with Crippen LogP contribution < -0.4 is 5.32 Å². The van der Waals surface area contributed by atoms with Crippen molar-refractivity contribution < 1.29 is 4.79 Å². The lowest BCUT2D eigenvalue weighted by Gasteiger charge is -2.09. The van der Waals surface area contributed by atoms with Crippen molar-refractivity contribution in [1.82, 2.24) is 15.0 Å². The van der Waals surface area contributed by atoms with Crippen LogP contribution in [0.5, 0.6) is 0 Å².